The summed E-state index contributed by atoms with van der Waals surface area (Å²) in [5, 5.41) is 8.02. The van der Waals surface area contributed by atoms with Crippen molar-refractivity contribution in [1.82, 2.24) is 15.3 Å². The van der Waals surface area contributed by atoms with Crippen molar-refractivity contribution in [2.45, 2.75) is 50.1 Å². The van der Waals surface area contributed by atoms with Gasteiger partial charge in [0.05, 0.1) is 5.69 Å². The van der Waals surface area contributed by atoms with Gasteiger partial charge in [-0.05, 0) is 38.0 Å². The quantitative estimate of drug-likeness (QED) is 0.662. The van der Waals surface area contributed by atoms with Crippen LogP contribution in [0.4, 0.5) is 5.82 Å². The Morgan fingerprint density at radius 2 is 1.95 bits per heavy atom. The second kappa shape index (κ2) is 7.45. The number of nitrogens with one attached hydrogen (secondary N) is 2. The van der Waals surface area contributed by atoms with E-state index in [-0.39, 0.29) is 0 Å². The highest BCUT2D eigenvalue weighted by molar-refractivity contribution is 7.98. The van der Waals surface area contributed by atoms with Crippen LogP contribution in [-0.4, -0.2) is 35.9 Å². The van der Waals surface area contributed by atoms with Gasteiger partial charge < -0.3 is 10.6 Å². The average molecular weight is 306 g/mol. The van der Waals surface area contributed by atoms with Crippen molar-refractivity contribution in [3.05, 3.63) is 11.3 Å². The van der Waals surface area contributed by atoms with Crippen LogP contribution in [0.2, 0.25) is 0 Å². The van der Waals surface area contributed by atoms with Crippen LogP contribution in [0.15, 0.2) is 5.16 Å². The van der Waals surface area contributed by atoms with E-state index in [1.807, 2.05) is 0 Å². The summed E-state index contributed by atoms with van der Waals surface area (Å²) in [6.45, 7) is 3.14. The molecule has 1 aromatic heterocycles. The third-order valence-electron chi connectivity index (χ3n) is 4.63. The highest BCUT2D eigenvalue weighted by Crippen LogP contribution is 2.26. The standard InChI is InChI=1S/C16H26N4S/c1-21-16-19-14-8-10-17-9-7-13(14)15(20-16)18-11-12-5-3-2-4-6-12/h12,17H,2-11H2,1H3,(H,18,19,20). The Hall–Kier alpha value is -0.810. The van der Waals surface area contributed by atoms with Crippen LogP contribution < -0.4 is 10.6 Å². The number of rotatable bonds is 4. The van der Waals surface area contributed by atoms with Gasteiger partial charge in [-0.25, -0.2) is 9.97 Å². The van der Waals surface area contributed by atoms with E-state index in [9.17, 15) is 0 Å². The number of fused-ring (bicyclic) bond motifs is 1. The molecule has 0 saturated heterocycles. The molecule has 0 radical (unpaired) electrons. The number of nitrogens with zero attached hydrogens (tertiary/aromatic N) is 2. The van der Waals surface area contributed by atoms with E-state index in [1.54, 1.807) is 11.8 Å². The number of aromatic nitrogens is 2. The van der Waals surface area contributed by atoms with Crippen LogP contribution in [-0.2, 0) is 12.8 Å². The Morgan fingerprint density at radius 3 is 2.76 bits per heavy atom. The third kappa shape index (κ3) is 3.89. The van der Waals surface area contributed by atoms with Gasteiger partial charge in [-0.3, -0.25) is 0 Å². The maximum absolute atomic E-state index is 4.74. The zero-order valence-electron chi connectivity index (χ0n) is 13.0. The van der Waals surface area contributed by atoms with Gasteiger partial charge in [0.1, 0.15) is 5.82 Å². The van der Waals surface area contributed by atoms with Crippen molar-refractivity contribution in [2.75, 3.05) is 31.2 Å². The minimum atomic E-state index is 0.825. The van der Waals surface area contributed by atoms with Gasteiger partial charge in [0.25, 0.3) is 0 Å². The summed E-state index contributed by atoms with van der Waals surface area (Å²) < 4.78 is 0. The first kappa shape index (κ1) is 15.1. The summed E-state index contributed by atoms with van der Waals surface area (Å²) in [6, 6.07) is 0. The van der Waals surface area contributed by atoms with E-state index in [0.29, 0.717) is 0 Å². The highest BCUT2D eigenvalue weighted by atomic mass is 32.2. The van der Waals surface area contributed by atoms with Crippen LogP contribution in [0.5, 0.6) is 0 Å². The first-order chi connectivity index (χ1) is 10.4. The van der Waals surface area contributed by atoms with Crippen molar-refractivity contribution in [3.63, 3.8) is 0 Å². The Bertz CT molecular complexity index is 472. The summed E-state index contributed by atoms with van der Waals surface area (Å²) in [5.41, 5.74) is 2.58. The second-order valence-corrected chi connectivity index (χ2v) is 6.89. The number of anilines is 1. The molecule has 4 nitrogen and oxygen atoms in total. The molecule has 116 valence electrons. The van der Waals surface area contributed by atoms with Crippen molar-refractivity contribution in [1.29, 1.82) is 0 Å². The molecule has 0 atom stereocenters. The number of thioether (sulfide) groups is 1. The lowest BCUT2D eigenvalue weighted by molar-refractivity contribution is 0.373. The molecule has 1 aromatic rings. The fraction of sp³-hybridized carbons (Fsp3) is 0.750. The summed E-state index contributed by atoms with van der Waals surface area (Å²) in [4.78, 5) is 9.46. The smallest absolute Gasteiger partial charge is 0.189 e. The predicted octanol–water partition coefficient (Wildman–Crippen LogP) is 2.88. The molecule has 1 aliphatic heterocycles. The van der Waals surface area contributed by atoms with E-state index in [0.717, 1.165) is 49.4 Å². The molecule has 1 saturated carbocycles. The van der Waals surface area contributed by atoms with Crippen molar-refractivity contribution >= 4 is 17.6 Å². The summed E-state index contributed by atoms with van der Waals surface area (Å²) in [6.07, 6.45) is 11.1. The molecule has 1 aliphatic carbocycles. The van der Waals surface area contributed by atoms with E-state index in [1.165, 1.54) is 43.4 Å². The molecule has 0 amide bonds. The molecular formula is C16H26N4S. The van der Waals surface area contributed by atoms with Crippen LogP contribution in [0.25, 0.3) is 0 Å². The molecule has 5 heteroatoms. The molecule has 2 aliphatic rings. The molecule has 1 fully saturated rings. The van der Waals surface area contributed by atoms with Gasteiger partial charge in [-0.1, -0.05) is 31.0 Å². The second-order valence-electron chi connectivity index (χ2n) is 6.12. The minimum Gasteiger partial charge on any atom is -0.369 e. The third-order valence-corrected chi connectivity index (χ3v) is 5.18. The Labute approximate surface area is 131 Å². The summed E-state index contributed by atoms with van der Waals surface area (Å²) in [5.74, 6) is 1.92. The molecule has 2 heterocycles. The summed E-state index contributed by atoms with van der Waals surface area (Å²) in [7, 11) is 0. The van der Waals surface area contributed by atoms with Gasteiger partial charge in [-0.2, -0.15) is 0 Å². The first-order valence-corrected chi connectivity index (χ1v) is 9.47. The van der Waals surface area contributed by atoms with Gasteiger partial charge in [0.15, 0.2) is 5.16 Å². The van der Waals surface area contributed by atoms with Crippen LogP contribution in [0.1, 0.15) is 43.4 Å². The zero-order valence-corrected chi connectivity index (χ0v) is 13.8. The van der Waals surface area contributed by atoms with Crippen LogP contribution in [0, 0.1) is 5.92 Å². The number of hydrogen-bond donors (Lipinski definition) is 2. The Kier molecular flexibility index (Phi) is 5.36. The van der Waals surface area contributed by atoms with E-state index >= 15 is 0 Å². The predicted molar refractivity (Wildman–Crippen MR) is 89.2 cm³/mol. The lowest BCUT2D eigenvalue weighted by Gasteiger charge is -2.23. The molecule has 0 bridgehead atoms. The lowest BCUT2D eigenvalue weighted by atomic mass is 9.89. The monoisotopic (exact) mass is 306 g/mol. The van der Waals surface area contributed by atoms with Gasteiger partial charge in [-0.15, -0.1) is 0 Å². The van der Waals surface area contributed by atoms with E-state index < -0.39 is 0 Å². The lowest BCUT2D eigenvalue weighted by Crippen LogP contribution is -2.19. The van der Waals surface area contributed by atoms with Gasteiger partial charge in [0, 0.05) is 25.1 Å². The molecule has 3 rings (SSSR count). The molecular weight excluding hydrogens is 280 g/mol. The maximum Gasteiger partial charge on any atom is 0.189 e. The minimum absolute atomic E-state index is 0.825. The fourth-order valence-corrected chi connectivity index (χ4v) is 3.78. The van der Waals surface area contributed by atoms with Gasteiger partial charge in [0.2, 0.25) is 0 Å². The van der Waals surface area contributed by atoms with Crippen molar-refractivity contribution < 1.29 is 0 Å². The molecule has 0 unspecified atom stereocenters. The average Bonchev–Trinajstić information content (AvgIpc) is 2.78. The van der Waals surface area contributed by atoms with Crippen molar-refractivity contribution in [3.8, 4) is 0 Å². The first-order valence-electron chi connectivity index (χ1n) is 8.25. The topological polar surface area (TPSA) is 49.8 Å². The largest absolute Gasteiger partial charge is 0.369 e. The van der Waals surface area contributed by atoms with E-state index in [2.05, 4.69) is 16.9 Å². The van der Waals surface area contributed by atoms with Crippen LogP contribution >= 0.6 is 11.8 Å². The van der Waals surface area contributed by atoms with E-state index in [4.69, 9.17) is 9.97 Å². The number of hydrogen-bond acceptors (Lipinski definition) is 5. The fourth-order valence-electron chi connectivity index (χ4n) is 3.39. The van der Waals surface area contributed by atoms with Crippen LogP contribution in [0.3, 0.4) is 0 Å². The molecule has 2 N–H and O–H groups in total. The summed E-state index contributed by atoms with van der Waals surface area (Å²) >= 11 is 1.64. The normalized spacial score (nSPS) is 19.9. The molecule has 21 heavy (non-hydrogen) atoms. The zero-order chi connectivity index (χ0) is 14.5. The molecule has 0 spiro atoms. The molecule has 0 aromatic carbocycles. The Balaban J connectivity index is 1.75. The van der Waals surface area contributed by atoms with Crippen molar-refractivity contribution in [2.24, 2.45) is 5.92 Å². The Morgan fingerprint density at radius 1 is 1.14 bits per heavy atom. The SMILES string of the molecule is CSc1nc2c(c(NCC3CCCCC3)n1)CCNCC2. The highest BCUT2D eigenvalue weighted by Gasteiger charge is 2.18. The van der Waals surface area contributed by atoms with Gasteiger partial charge >= 0.3 is 0 Å². The maximum atomic E-state index is 4.74.